The predicted octanol–water partition coefficient (Wildman–Crippen LogP) is 1.39. The number of likely N-dealkylation sites (tertiary alicyclic amines) is 2. The summed E-state index contributed by atoms with van der Waals surface area (Å²) in [6, 6.07) is 1.87. The Kier molecular flexibility index (Phi) is 5.69. The van der Waals surface area contributed by atoms with Crippen LogP contribution in [-0.2, 0) is 6.54 Å². The molecule has 2 aliphatic heterocycles. The molecule has 134 valence electrons. The zero-order valence-corrected chi connectivity index (χ0v) is 15.5. The summed E-state index contributed by atoms with van der Waals surface area (Å²) < 4.78 is 5.10. The van der Waals surface area contributed by atoms with E-state index < -0.39 is 0 Å². The molecule has 0 N–H and O–H groups in total. The highest BCUT2D eigenvalue weighted by Gasteiger charge is 2.31. The fourth-order valence-corrected chi connectivity index (χ4v) is 3.94. The summed E-state index contributed by atoms with van der Waals surface area (Å²) in [7, 11) is 6.07. The first kappa shape index (κ1) is 17.6. The molecule has 24 heavy (non-hydrogen) atoms. The molecule has 1 atom stereocenters. The Bertz CT molecular complexity index is 544. The van der Waals surface area contributed by atoms with E-state index >= 15 is 0 Å². The second-order valence-electron chi connectivity index (χ2n) is 7.35. The van der Waals surface area contributed by atoms with Gasteiger partial charge in [0.25, 0.3) is 0 Å². The number of aryl methyl sites for hydroxylation is 1. The number of methoxy groups -OCH3 is 1. The van der Waals surface area contributed by atoms with E-state index in [-0.39, 0.29) is 0 Å². The zero-order chi connectivity index (χ0) is 17.1. The Labute approximate surface area is 145 Å². The highest BCUT2D eigenvalue weighted by Crippen LogP contribution is 2.24. The van der Waals surface area contributed by atoms with E-state index in [0.717, 1.165) is 18.3 Å². The molecule has 2 aliphatic rings. The number of likely N-dealkylation sites (N-methyl/N-ethyl adjacent to an activating group) is 1. The first-order chi connectivity index (χ1) is 11.6. The molecule has 3 heterocycles. The quantitative estimate of drug-likeness (QED) is 0.811. The van der Waals surface area contributed by atoms with Gasteiger partial charge in [-0.2, -0.15) is 0 Å². The largest absolute Gasteiger partial charge is 0.467 e. The van der Waals surface area contributed by atoms with Crippen LogP contribution in [0.25, 0.3) is 0 Å². The van der Waals surface area contributed by atoms with Crippen LogP contribution in [0.15, 0.2) is 6.20 Å². The van der Waals surface area contributed by atoms with Crippen molar-refractivity contribution in [3.05, 3.63) is 17.5 Å². The molecule has 0 bridgehead atoms. The van der Waals surface area contributed by atoms with Crippen molar-refractivity contribution >= 4 is 0 Å². The van der Waals surface area contributed by atoms with E-state index in [2.05, 4.69) is 38.8 Å². The summed E-state index contributed by atoms with van der Waals surface area (Å²) in [5, 5.41) is 0. The molecule has 0 spiro atoms. The van der Waals surface area contributed by atoms with E-state index in [1.807, 2.05) is 13.1 Å². The van der Waals surface area contributed by atoms with Gasteiger partial charge < -0.3 is 9.64 Å². The van der Waals surface area contributed by atoms with Gasteiger partial charge in [-0.05, 0) is 53.4 Å². The van der Waals surface area contributed by atoms with E-state index in [1.54, 1.807) is 7.11 Å². The van der Waals surface area contributed by atoms with Crippen LogP contribution in [0.1, 0.15) is 30.5 Å². The average molecular weight is 333 g/mol. The van der Waals surface area contributed by atoms with Crippen LogP contribution in [0.5, 0.6) is 6.01 Å². The van der Waals surface area contributed by atoms with Gasteiger partial charge >= 0.3 is 6.01 Å². The van der Waals surface area contributed by atoms with Crippen LogP contribution in [0.2, 0.25) is 0 Å². The number of rotatable bonds is 5. The van der Waals surface area contributed by atoms with Crippen LogP contribution in [0.3, 0.4) is 0 Å². The van der Waals surface area contributed by atoms with Gasteiger partial charge in [0.1, 0.15) is 0 Å². The Morgan fingerprint density at radius 2 is 2.00 bits per heavy atom. The Morgan fingerprint density at radius 1 is 1.25 bits per heavy atom. The van der Waals surface area contributed by atoms with Crippen molar-refractivity contribution in [2.45, 2.75) is 44.8 Å². The van der Waals surface area contributed by atoms with Crippen molar-refractivity contribution in [3.63, 3.8) is 0 Å². The Morgan fingerprint density at radius 3 is 2.67 bits per heavy atom. The monoisotopic (exact) mass is 333 g/mol. The summed E-state index contributed by atoms with van der Waals surface area (Å²) in [4.78, 5) is 16.3. The van der Waals surface area contributed by atoms with Crippen LogP contribution >= 0.6 is 0 Å². The Balaban J connectivity index is 1.54. The third-order valence-electron chi connectivity index (χ3n) is 5.68. The minimum absolute atomic E-state index is 0.452. The molecule has 2 saturated heterocycles. The minimum Gasteiger partial charge on any atom is -0.467 e. The van der Waals surface area contributed by atoms with Gasteiger partial charge in [-0.25, -0.2) is 9.97 Å². The number of hydrogen-bond donors (Lipinski definition) is 0. The van der Waals surface area contributed by atoms with Gasteiger partial charge in [0.15, 0.2) is 0 Å². The number of piperidine rings is 1. The highest BCUT2D eigenvalue weighted by molar-refractivity contribution is 5.17. The van der Waals surface area contributed by atoms with Crippen LogP contribution < -0.4 is 4.74 Å². The zero-order valence-electron chi connectivity index (χ0n) is 15.5. The lowest BCUT2D eigenvalue weighted by molar-refractivity contribution is 0.132. The van der Waals surface area contributed by atoms with Gasteiger partial charge in [-0.3, -0.25) is 9.80 Å². The third-order valence-corrected chi connectivity index (χ3v) is 5.68. The number of hydrogen-bond acceptors (Lipinski definition) is 6. The molecule has 0 radical (unpaired) electrons. The van der Waals surface area contributed by atoms with Gasteiger partial charge in [-0.15, -0.1) is 0 Å². The average Bonchev–Trinajstić information content (AvgIpc) is 3.07. The predicted molar refractivity (Wildman–Crippen MR) is 95.3 cm³/mol. The minimum atomic E-state index is 0.452. The molecule has 6 nitrogen and oxygen atoms in total. The molecule has 1 aromatic heterocycles. The lowest BCUT2D eigenvalue weighted by atomic mass is 10.0. The van der Waals surface area contributed by atoms with Crippen LogP contribution in [0.4, 0.5) is 0 Å². The fourth-order valence-electron chi connectivity index (χ4n) is 3.94. The maximum absolute atomic E-state index is 5.10. The molecule has 1 unspecified atom stereocenters. The molecule has 0 amide bonds. The number of ether oxygens (including phenoxy) is 1. The van der Waals surface area contributed by atoms with E-state index in [9.17, 15) is 0 Å². The van der Waals surface area contributed by atoms with Gasteiger partial charge in [0.2, 0.25) is 0 Å². The molecular formula is C18H31N5O. The highest BCUT2D eigenvalue weighted by atomic mass is 16.5. The third kappa shape index (κ3) is 4.05. The summed E-state index contributed by atoms with van der Waals surface area (Å²) in [5.74, 6) is 0. The van der Waals surface area contributed by atoms with Crippen LogP contribution in [0, 0.1) is 6.92 Å². The molecule has 0 aromatic carbocycles. The maximum Gasteiger partial charge on any atom is 0.316 e. The van der Waals surface area contributed by atoms with Crippen molar-refractivity contribution in [2.24, 2.45) is 0 Å². The summed E-state index contributed by atoms with van der Waals surface area (Å²) >= 11 is 0. The van der Waals surface area contributed by atoms with Crippen molar-refractivity contribution in [2.75, 3.05) is 47.4 Å². The molecule has 1 aromatic rings. The molecule has 3 rings (SSSR count). The molecular weight excluding hydrogens is 302 g/mol. The van der Waals surface area contributed by atoms with E-state index in [4.69, 9.17) is 4.74 Å². The maximum atomic E-state index is 5.10. The van der Waals surface area contributed by atoms with Crippen molar-refractivity contribution in [1.82, 2.24) is 24.7 Å². The topological polar surface area (TPSA) is 44.7 Å². The fraction of sp³-hybridized carbons (Fsp3) is 0.778. The lowest BCUT2D eigenvalue weighted by Crippen LogP contribution is -2.44. The van der Waals surface area contributed by atoms with Crippen molar-refractivity contribution in [1.29, 1.82) is 0 Å². The summed E-state index contributed by atoms with van der Waals surface area (Å²) in [5.41, 5.74) is 2.20. The van der Waals surface area contributed by atoms with E-state index in [0.29, 0.717) is 12.1 Å². The van der Waals surface area contributed by atoms with Gasteiger partial charge in [-0.1, -0.05) is 0 Å². The number of nitrogens with zero attached hydrogens (tertiary/aromatic N) is 5. The molecule has 0 saturated carbocycles. The van der Waals surface area contributed by atoms with Crippen molar-refractivity contribution in [3.8, 4) is 6.01 Å². The normalized spacial score (nSPS) is 24.0. The summed E-state index contributed by atoms with van der Waals surface area (Å²) in [6.45, 7) is 7.85. The molecule has 6 heteroatoms. The molecule has 0 aliphatic carbocycles. The second kappa shape index (κ2) is 7.76. The van der Waals surface area contributed by atoms with E-state index in [1.165, 1.54) is 51.0 Å². The Hall–Kier alpha value is -1.24. The second-order valence-corrected chi connectivity index (χ2v) is 7.35. The summed E-state index contributed by atoms with van der Waals surface area (Å²) in [6.07, 6.45) is 5.80. The first-order valence-corrected chi connectivity index (χ1v) is 9.06. The van der Waals surface area contributed by atoms with Gasteiger partial charge in [0, 0.05) is 49.2 Å². The van der Waals surface area contributed by atoms with Gasteiger partial charge in [0.05, 0.1) is 7.11 Å². The first-order valence-electron chi connectivity index (χ1n) is 9.06. The number of aromatic nitrogens is 2. The molecule has 2 fully saturated rings. The van der Waals surface area contributed by atoms with Crippen molar-refractivity contribution < 1.29 is 4.74 Å². The van der Waals surface area contributed by atoms with Crippen LogP contribution in [-0.4, -0.2) is 84.1 Å². The lowest BCUT2D eigenvalue weighted by Gasteiger charge is -2.35. The SMILES string of the molecule is COc1ncc(CN(C)C2CCN(C3CCN(C)CC3)C2)c(C)n1. The smallest absolute Gasteiger partial charge is 0.316 e. The standard InChI is InChI=1S/C18H31N5O/c1-14-15(11-19-18(20-14)24-4)12-22(3)17-7-10-23(13-17)16-5-8-21(2)9-6-16/h11,16-17H,5-10,12-13H2,1-4H3.